The van der Waals surface area contributed by atoms with Crippen LogP contribution >= 0.6 is 0 Å². The second-order valence-corrected chi connectivity index (χ2v) is 13.7. The van der Waals surface area contributed by atoms with Crippen LogP contribution in [0.2, 0.25) is 0 Å². The predicted molar refractivity (Wildman–Crippen MR) is 202 cm³/mol. The molecule has 1 saturated heterocycles. The average molecular weight is 803 g/mol. The topological polar surface area (TPSA) is 306 Å². The number of amidine groups is 1. The van der Waals surface area contributed by atoms with Crippen molar-refractivity contribution in [3.63, 3.8) is 0 Å². The van der Waals surface area contributed by atoms with E-state index in [1.54, 1.807) is 24.3 Å². The highest BCUT2D eigenvalue weighted by Crippen LogP contribution is 2.51. The van der Waals surface area contributed by atoms with Crippen molar-refractivity contribution in [3.8, 4) is 34.5 Å². The van der Waals surface area contributed by atoms with Crippen LogP contribution < -0.4 is 18.9 Å². The molecular formula is C39H38N4O15. The molecule has 3 aromatic rings. The lowest BCUT2D eigenvalue weighted by molar-refractivity contribution is -0.303. The number of aliphatic imine (C=N–C) groups is 3. The smallest absolute Gasteiger partial charge is 0.336 e. The number of fused-ring (bicyclic) bond motifs is 1. The van der Waals surface area contributed by atoms with E-state index < -0.39 is 90.5 Å². The Labute approximate surface area is 328 Å². The van der Waals surface area contributed by atoms with Crippen LogP contribution in [0.5, 0.6) is 34.5 Å². The number of phenols is 2. The first-order valence-electron chi connectivity index (χ1n) is 17.7. The SMILES string of the molecule is N=C1C=CC(C(O)C(CO)Oc2ccc(C3C=C(O)c4c(cc(OC5OC(C(=O)O)C(O)(CC6=NC=NC6)C(O)C5O)c(OCc5cccc(O)c5)c4O)O3)cc2)=N1. The molecule has 8 unspecified atom stereocenters. The van der Waals surface area contributed by atoms with Crippen molar-refractivity contribution in [3.05, 3.63) is 89.5 Å². The van der Waals surface area contributed by atoms with Gasteiger partial charge in [0.05, 0.1) is 18.9 Å². The van der Waals surface area contributed by atoms with E-state index in [0.717, 1.165) is 0 Å². The number of aliphatic hydroxyl groups excluding tert-OH is 5. The molecule has 1 fully saturated rings. The molecule has 0 saturated carbocycles. The number of aliphatic hydroxyl groups is 6. The van der Waals surface area contributed by atoms with Crippen LogP contribution in [0.4, 0.5) is 0 Å². The molecule has 0 aromatic heterocycles. The first kappa shape index (κ1) is 39.9. The molecule has 8 atom stereocenters. The van der Waals surface area contributed by atoms with E-state index in [1.165, 1.54) is 54.9 Å². The zero-order valence-corrected chi connectivity index (χ0v) is 30.2. The molecule has 0 aliphatic carbocycles. The Morgan fingerprint density at radius 1 is 1.07 bits per heavy atom. The number of carboxylic acids is 1. The fourth-order valence-corrected chi connectivity index (χ4v) is 6.74. The minimum Gasteiger partial charge on any atom is -0.508 e. The molecule has 4 aliphatic heterocycles. The molecule has 0 radical (unpaired) electrons. The molecule has 4 aliphatic rings. The number of phenolic OH excluding ortho intramolecular Hbond substituents is 2. The largest absolute Gasteiger partial charge is 0.508 e. The van der Waals surface area contributed by atoms with E-state index in [2.05, 4.69) is 15.0 Å². The molecular weight excluding hydrogens is 764 g/mol. The van der Waals surface area contributed by atoms with E-state index in [1.807, 2.05) is 0 Å². The second kappa shape index (κ2) is 16.3. The van der Waals surface area contributed by atoms with E-state index >= 15 is 0 Å². The Bertz CT molecular complexity index is 2240. The number of aliphatic carboxylic acids is 1. The van der Waals surface area contributed by atoms with Crippen molar-refractivity contribution in [1.29, 1.82) is 5.41 Å². The Hall–Kier alpha value is -6.35. The summed E-state index contributed by atoms with van der Waals surface area (Å²) in [6.45, 7) is -0.816. The number of carbonyl (C=O) groups is 1. The summed E-state index contributed by atoms with van der Waals surface area (Å²) in [6, 6.07) is 13.4. The van der Waals surface area contributed by atoms with Gasteiger partial charge in [0.2, 0.25) is 12.0 Å². The summed E-state index contributed by atoms with van der Waals surface area (Å²) in [5.41, 5.74) is -1.50. The molecule has 3 aromatic carbocycles. The van der Waals surface area contributed by atoms with Crippen LogP contribution in [-0.2, 0) is 16.1 Å². The summed E-state index contributed by atoms with van der Waals surface area (Å²) in [4.78, 5) is 24.2. The van der Waals surface area contributed by atoms with Gasteiger partial charge in [-0.15, -0.1) is 0 Å². The lowest BCUT2D eigenvalue weighted by atomic mass is 9.80. The summed E-state index contributed by atoms with van der Waals surface area (Å²) >= 11 is 0. The predicted octanol–water partition coefficient (Wildman–Crippen LogP) is 1.31. The maximum atomic E-state index is 12.4. The van der Waals surface area contributed by atoms with Crippen molar-refractivity contribution in [2.45, 2.75) is 61.5 Å². The van der Waals surface area contributed by atoms with Crippen LogP contribution in [0.1, 0.15) is 29.2 Å². The summed E-state index contributed by atoms with van der Waals surface area (Å²) < 4.78 is 29.3. The Balaban J connectivity index is 1.17. The number of aromatic hydroxyl groups is 2. The number of benzene rings is 3. The molecule has 19 heteroatoms. The zero-order valence-electron chi connectivity index (χ0n) is 30.2. The van der Waals surface area contributed by atoms with Gasteiger partial charge in [-0.3, -0.25) is 10.4 Å². The zero-order chi connectivity index (χ0) is 41.3. The quantitative estimate of drug-likeness (QED) is 0.110. The van der Waals surface area contributed by atoms with Gasteiger partial charge in [0.1, 0.15) is 77.4 Å². The van der Waals surface area contributed by atoms with Crippen LogP contribution in [0, 0.1) is 5.41 Å². The van der Waals surface area contributed by atoms with Gasteiger partial charge >= 0.3 is 5.97 Å². The summed E-state index contributed by atoms with van der Waals surface area (Å²) in [6.07, 6.45) is -6.98. The first-order valence-corrected chi connectivity index (χ1v) is 17.7. The number of rotatable bonds is 14. The minimum atomic E-state index is -2.57. The highest BCUT2D eigenvalue weighted by molar-refractivity contribution is 6.15. The van der Waals surface area contributed by atoms with Gasteiger partial charge in [-0.2, -0.15) is 0 Å². The van der Waals surface area contributed by atoms with Gasteiger partial charge in [-0.1, -0.05) is 24.3 Å². The summed E-state index contributed by atoms with van der Waals surface area (Å²) in [7, 11) is 0. The van der Waals surface area contributed by atoms with Crippen molar-refractivity contribution in [1.82, 2.24) is 0 Å². The molecule has 0 bridgehead atoms. The van der Waals surface area contributed by atoms with Crippen LogP contribution in [-0.4, -0.2) is 131 Å². The van der Waals surface area contributed by atoms with Crippen molar-refractivity contribution < 1.29 is 74.4 Å². The number of hydrogen-bond donors (Lipinski definition) is 10. The summed E-state index contributed by atoms with van der Waals surface area (Å²) in [5.74, 6) is -3.74. The van der Waals surface area contributed by atoms with Gasteiger partial charge in [0.25, 0.3) is 0 Å². The van der Waals surface area contributed by atoms with Gasteiger partial charge < -0.3 is 69.6 Å². The standard InChI is InChI=1S/C39H38N4O15/c40-29-9-8-23(43-29)31(47)28(15-44)55-22-6-4-19(5-7-22)25-11-24(46)30-26(56-25)12-27(34(32(30)48)54-16-18-2-1-3-21(45)10-18)57-38-33(49)35(50)39(53,36(58-38)37(51)52)13-20-14-41-17-42-20/h1-12,17,25,28,31,33,35-36,38,40,44-50,53H,13-16H2,(H,51,52). The van der Waals surface area contributed by atoms with E-state index in [4.69, 9.17) is 29.1 Å². The average Bonchev–Trinajstić information content (AvgIpc) is 3.88. The molecule has 304 valence electrons. The van der Waals surface area contributed by atoms with Crippen LogP contribution in [0.3, 0.4) is 0 Å². The maximum absolute atomic E-state index is 12.4. The molecule has 7 rings (SSSR count). The van der Waals surface area contributed by atoms with Gasteiger partial charge in [-0.05, 0) is 47.5 Å². The van der Waals surface area contributed by atoms with Gasteiger partial charge in [0, 0.05) is 24.3 Å². The Morgan fingerprint density at radius 2 is 1.84 bits per heavy atom. The Kier molecular flexibility index (Phi) is 11.2. The highest BCUT2D eigenvalue weighted by Gasteiger charge is 2.59. The van der Waals surface area contributed by atoms with E-state index in [-0.39, 0.29) is 53.2 Å². The van der Waals surface area contributed by atoms with Gasteiger partial charge in [0.15, 0.2) is 23.7 Å². The third-order valence-corrected chi connectivity index (χ3v) is 9.68. The van der Waals surface area contributed by atoms with E-state index in [0.29, 0.717) is 11.1 Å². The fourth-order valence-electron chi connectivity index (χ4n) is 6.74. The lowest BCUT2D eigenvalue weighted by Gasteiger charge is -2.46. The van der Waals surface area contributed by atoms with E-state index in [9.17, 15) is 50.8 Å². The number of hydrogen-bond acceptors (Lipinski definition) is 17. The minimum absolute atomic E-state index is 0.0300. The third kappa shape index (κ3) is 7.94. The third-order valence-electron chi connectivity index (χ3n) is 9.68. The molecule has 0 amide bonds. The van der Waals surface area contributed by atoms with Gasteiger partial charge in [-0.25, -0.2) is 14.8 Å². The van der Waals surface area contributed by atoms with Crippen molar-refractivity contribution >= 4 is 35.3 Å². The molecule has 0 spiro atoms. The second-order valence-electron chi connectivity index (χ2n) is 13.7. The lowest BCUT2D eigenvalue weighted by Crippen LogP contribution is -2.69. The fraction of sp³-hybridized carbons (Fsp3) is 0.308. The molecule has 10 N–H and O–H groups in total. The Morgan fingerprint density at radius 3 is 2.50 bits per heavy atom. The highest BCUT2D eigenvalue weighted by atomic mass is 16.7. The van der Waals surface area contributed by atoms with Crippen molar-refractivity contribution in [2.24, 2.45) is 15.0 Å². The number of nitrogens with one attached hydrogen (secondary N) is 1. The number of carboxylic acid groups (broad SMARTS) is 1. The number of nitrogens with zero attached hydrogens (tertiary/aromatic N) is 3. The van der Waals surface area contributed by atoms with Crippen molar-refractivity contribution in [2.75, 3.05) is 13.2 Å². The van der Waals surface area contributed by atoms with Crippen LogP contribution in [0.25, 0.3) is 5.76 Å². The molecule has 4 heterocycles. The first-order chi connectivity index (χ1) is 27.7. The summed E-state index contributed by atoms with van der Waals surface area (Å²) in [5, 5.41) is 105. The molecule has 19 nitrogen and oxygen atoms in total. The van der Waals surface area contributed by atoms with Crippen LogP contribution in [0.15, 0.2) is 87.8 Å². The normalized spacial score (nSPS) is 25.8. The monoisotopic (exact) mass is 802 g/mol. The number of ether oxygens (including phenoxy) is 5. The molecule has 58 heavy (non-hydrogen) atoms. The maximum Gasteiger partial charge on any atom is 0.336 e.